The van der Waals surface area contributed by atoms with Crippen molar-refractivity contribution in [3.8, 4) is 0 Å². The van der Waals surface area contributed by atoms with E-state index in [2.05, 4.69) is 30.7 Å². The zero-order chi connectivity index (χ0) is 11.1. The number of nitrogens with zero attached hydrogens (tertiary/aromatic N) is 2. The maximum atomic E-state index is 5.94. The van der Waals surface area contributed by atoms with Crippen molar-refractivity contribution in [3.05, 3.63) is 0 Å². The Kier molecular flexibility index (Phi) is 3.06. The van der Waals surface area contributed by atoms with Crippen molar-refractivity contribution in [2.75, 3.05) is 26.7 Å². The Hall–Kier alpha value is -0.120. The number of hydrogen-bond acceptors (Lipinski definition) is 3. The Morgan fingerprint density at radius 2 is 2.00 bits per heavy atom. The van der Waals surface area contributed by atoms with Gasteiger partial charge in [-0.25, -0.2) is 0 Å². The number of likely N-dealkylation sites (N-methyl/N-ethyl adjacent to an activating group) is 1. The first-order valence-electron chi connectivity index (χ1n) is 6.21. The van der Waals surface area contributed by atoms with Gasteiger partial charge in [-0.3, -0.25) is 4.90 Å². The van der Waals surface area contributed by atoms with Crippen LogP contribution in [-0.4, -0.2) is 54.1 Å². The Labute approximate surface area is 93.6 Å². The topological polar surface area (TPSA) is 32.5 Å². The first-order chi connectivity index (χ1) is 7.04. The highest BCUT2D eigenvalue weighted by Crippen LogP contribution is 2.37. The van der Waals surface area contributed by atoms with E-state index < -0.39 is 0 Å². The summed E-state index contributed by atoms with van der Waals surface area (Å²) in [4.78, 5) is 5.14. The molecule has 1 aliphatic heterocycles. The van der Waals surface area contributed by atoms with Gasteiger partial charge in [-0.05, 0) is 46.7 Å². The van der Waals surface area contributed by atoms with Gasteiger partial charge < -0.3 is 10.6 Å². The van der Waals surface area contributed by atoms with Crippen LogP contribution < -0.4 is 5.73 Å². The minimum absolute atomic E-state index is 0.329. The van der Waals surface area contributed by atoms with Crippen LogP contribution in [0.5, 0.6) is 0 Å². The van der Waals surface area contributed by atoms with Gasteiger partial charge in [0.1, 0.15) is 0 Å². The fourth-order valence-electron chi connectivity index (χ4n) is 2.96. The van der Waals surface area contributed by atoms with E-state index in [-0.39, 0.29) is 0 Å². The van der Waals surface area contributed by atoms with Crippen LogP contribution in [0.4, 0.5) is 0 Å². The predicted molar refractivity (Wildman–Crippen MR) is 63.9 cm³/mol. The molecule has 2 aliphatic rings. The van der Waals surface area contributed by atoms with Gasteiger partial charge in [0, 0.05) is 30.7 Å². The third kappa shape index (κ3) is 2.35. The normalized spacial score (nSPS) is 34.0. The maximum absolute atomic E-state index is 5.94. The molecule has 1 heterocycles. The summed E-state index contributed by atoms with van der Waals surface area (Å²) in [7, 11) is 2.22. The summed E-state index contributed by atoms with van der Waals surface area (Å²) in [6, 6.07) is 1.38. The molecule has 0 spiro atoms. The fourth-order valence-corrected chi connectivity index (χ4v) is 2.96. The highest BCUT2D eigenvalue weighted by atomic mass is 15.3. The molecular weight excluding hydrogens is 186 g/mol. The SMILES string of the molecule is CN1CCC(C)(C)N(C2CC2)C(CN)C1. The van der Waals surface area contributed by atoms with Gasteiger partial charge in [0.05, 0.1) is 0 Å². The number of hydrogen-bond donors (Lipinski definition) is 1. The highest BCUT2D eigenvalue weighted by Gasteiger charge is 2.43. The van der Waals surface area contributed by atoms with Crippen LogP contribution in [0.3, 0.4) is 0 Å². The standard InChI is InChI=1S/C12H25N3/c1-12(2)6-7-14(3)9-11(8-13)15(12)10-4-5-10/h10-11H,4-9,13H2,1-3H3. The molecule has 1 aliphatic carbocycles. The van der Waals surface area contributed by atoms with Crippen LogP contribution in [0.25, 0.3) is 0 Å². The molecule has 0 amide bonds. The van der Waals surface area contributed by atoms with Gasteiger partial charge in [0.25, 0.3) is 0 Å². The molecule has 15 heavy (non-hydrogen) atoms. The third-order valence-electron chi connectivity index (χ3n) is 3.93. The summed E-state index contributed by atoms with van der Waals surface area (Å²) in [5.74, 6) is 0. The monoisotopic (exact) mass is 211 g/mol. The second-order valence-electron chi connectivity index (χ2n) is 5.85. The van der Waals surface area contributed by atoms with Crippen molar-refractivity contribution < 1.29 is 0 Å². The van der Waals surface area contributed by atoms with E-state index >= 15 is 0 Å². The highest BCUT2D eigenvalue weighted by molar-refractivity contribution is 5.00. The summed E-state index contributed by atoms with van der Waals surface area (Å²) in [6.07, 6.45) is 4.02. The van der Waals surface area contributed by atoms with E-state index in [9.17, 15) is 0 Å². The number of nitrogens with two attached hydrogens (primary N) is 1. The lowest BCUT2D eigenvalue weighted by atomic mass is 9.96. The lowest BCUT2D eigenvalue weighted by molar-refractivity contribution is 0.0697. The molecule has 2 fully saturated rings. The molecule has 3 nitrogen and oxygen atoms in total. The lowest BCUT2D eigenvalue weighted by Gasteiger charge is -2.42. The molecule has 1 saturated heterocycles. The molecule has 88 valence electrons. The van der Waals surface area contributed by atoms with E-state index in [4.69, 9.17) is 5.73 Å². The third-order valence-corrected chi connectivity index (χ3v) is 3.93. The summed E-state index contributed by atoms with van der Waals surface area (Å²) in [6.45, 7) is 7.90. The maximum Gasteiger partial charge on any atom is 0.0353 e. The minimum atomic E-state index is 0.329. The molecule has 1 unspecified atom stereocenters. The molecule has 1 atom stereocenters. The van der Waals surface area contributed by atoms with Gasteiger partial charge in [-0.2, -0.15) is 0 Å². The van der Waals surface area contributed by atoms with Crippen molar-refractivity contribution >= 4 is 0 Å². The van der Waals surface area contributed by atoms with Crippen LogP contribution in [0.2, 0.25) is 0 Å². The van der Waals surface area contributed by atoms with Crippen LogP contribution in [-0.2, 0) is 0 Å². The van der Waals surface area contributed by atoms with Crippen LogP contribution >= 0.6 is 0 Å². The Morgan fingerprint density at radius 1 is 1.33 bits per heavy atom. The molecule has 0 aromatic carbocycles. The molecule has 0 aromatic rings. The van der Waals surface area contributed by atoms with Gasteiger partial charge in [-0.15, -0.1) is 0 Å². The summed E-state index contributed by atoms with van der Waals surface area (Å²) < 4.78 is 0. The Morgan fingerprint density at radius 3 is 2.53 bits per heavy atom. The largest absolute Gasteiger partial charge is 0.329 e. The van der Waals surface area contributed by atoms with Gasteiger partial charge >= 0.3 is 0 Å². The Bertz CT molecular complexity index is 223. The van der Waals surface area contributed by atoms with Crippen LogP contribution in [0, 0.1) is 0 Å². The summed E-state index contributed by atoms with van der Waals surface area (Å²) >= 11 is 0. The van der Waals surface area contributed by atoms with E-state index in [1.807, 2.05) is 0 Å². The second-order valence-corrected chi connectivity index (χ2v) is 5.85. The van der Waals surface area contributed by atoms with E-state index in [0.717, 1.165) is 19.1 Å². The first kappa shape index (κ1) is 11.4. The van der Waals surface area contributed by atoms with Crippen molar-refractivity contribution in [2.45, 2.75) is 50.7 Å². The quantitative estimate of drug-likeness (QED) is 0.736. The first-order valence-corrected chi connectivity index (χ1v) is 6.21. The second kappa shape index (κ2) is 4.04. The Balaban J connectivity index is 2.17. The number of rotatable bonds is 2. The predicted octanol–water partition coefficient (Wildman–Crippen LogP) is 0.892. The van der Waals surface area contributed by atoms with Crippen LogP contribution in [0.1, 0.15) is 33.1 Å². The van der Waals surface area contributed by atoms with Crippen molar-refractivity contribution in [2.24, 2.45) is 5.73 Å². The smallest absolute Gasteiger partial charge is 0.0353 e. The molecule has 0 aromatic heterocycles. The van der Waals surface area contributed by atoms with E-state index in [1.54, 1.807) is 0 Å². The average Bonchev–Trinajstić information content (AvgIpc) is 2.96. The van der Waals surface area contributed by atoms with Gasteiger partial charge in [0.15, 0.2) is 0 Å². The molecule has 2 N–H and O–H groups in total. The fraction of sp³-hybridized carbons (Fsp3) is 1.00. The molecule has 3 heteroatoms. The van der Waals surface area contributed by atoms with E-state index in [0.29, 0.717) is 11.6 Å². The molecule has 0 radical (unpaired) electrons. The van der Waals surface area contributed by atoms with Gasteiger partial charge in [-0.1, -0.05) is 0 Å². The average molecular weight is 211 g/mol. The summed E-state index contributed by atoms with van der Waals surface area (Å²) in [5, 5.41) is 0. The molecule has 2 rings (SSSR count). The molecule has 1 saturated carbocycles. The molecule has 0 bridgehead atoms. The van der Waals surface area contributed by atoms with E-state index in [1.165, 1.54) is 25.8 Å². The van der Waals surface area contributed by atoms with Crippen molar-refractivity contribution in [1.29, 1.82) is 0 Å². The zero-order valence-electron chi connectivity index (χ0n) is 10.4. The molecular formula is C12H25N3. The summed E-state index contributed by atoms with van der Waals surface area (Å²) in [5.41, 5.74) is 6.27. The minimum Gasteiger partial charge on any atom is -0.329 e. The van der Waals surface area contributed by atoms with Gasteiger partial charge in [0.2, 0.25) is 0 Å². The zero-order valence-corrected chi connectivity index (χ0v) is 10.4. The van der Waals surface area contributed by atoms with Crippen molar-refractivity contribution in [1.82, 2.24) is 9.80 Å². The van der Waals surface area contributed by atoms with Crippen molar-refractivity contribution in [3.63, 3.8) is 0 Å². The lowest BCUT2D eigenvalue weighted by Crippen LogP contribution is -2.54. The van der Waals surface area contributed by atoms with Crippen LogP contribution in [0.15, 0.2) is 0 Å².